The van der Waals surface area contributed by atoms with E-state index in [1.54, 1.807) is 33.8 Å². The van der Waals surface area contributed by atoms with Crippen LogP contribution in [-0.2, 0) is 16.8 Å². The molecule has 0 unspecified atom stereocenters. The van der Waals surface area contributed by atoms with Gasteiger partial charge in [-0.3, -0.25) is 9.59 Å². The second kappa shape index (κ2) is 11.4. The van der Waals surface area contributed by atoms with Gasteiger partial charge in [-0.1, -0.05) is 92.5 Å². The van der Waals surface area contributed by atoms with Gasteiger partial charge < -0.3 is 10.2 Å². The van der Waals surface area contributed by atoms with E-state index in [4.69, 9.17) is 28.3 Å². The van der Waals surface area contributed by atoms with Crippen molar-refractivity contribution in [2.24, 2.45) is 0 Å². The summed E-state index contributed by atoms with van der Waals surface area (Å²) < 4.78 is 1.63. The molecule has 0 radical (unpaired) electrons. The van der Waals surface area contributed by atoms with Gasteiger partial charge >= 0.3 is 0 Å². The van der Waals surface area contributed by atoms with E-state index in [1.807, 2.05) is 82.3 Å². The third-order valence-corrected chi connectivity index (χ3v) is 6.85. The minimum Gasteiger partial charge on any atom is -0.325 e. The van der Waals surface area contributed by atoms with Crippen LogP contribution in [0.2, 0.25) is 10.0 Å². The van der Waals surface area contributed by atoms with Gasteiger partial charge in [0.15, 0.2) is 0 Å². The molecule has 0 saturated heterocycles. The maximum Gasteiger partial charge on any atom is 0.254 e. The Morgan fingerprint density at radius 3 is 2.26 bits per heavy atom. The van der Waals surface area contributed by atoms with E-state index in [1.165, 1.54) is 0 Å². The molecule has 6 nitrogen and oxygen atoms in total. The molecule has 0 aliphatic carbocycles. The molecule has 0 spiro atoms. The lowest BCUT2D eigenvalue weighted by molar-refractivity contribution is -0.117. The first kappa shape index (κ1) is 27.4. The monoisotopic (exact) mass is 548 g/mol. The summed E-state index contributed by atoms with van der Waals surface area (Å²) in [4.78, 5) is 28.5. The molecule has 4 rings (SSSR count). The van der Waals surface area contributed by atoms with Gasteiger partial charge in [0.25, 0.3) is 5.91 Å². The maximum atomic E-state index is 13.6. The maximum absolute atomic E-state index is 13.6. The summed E-state index contributed by atoms with van der Waals surface area (Å²) in [6.07, 6.45) is 0. The molecule has 0 bridgehead atoms. The molecule has 0 aliphatic rings. The van der Waals surface area contributed by atoms with Gasteiger partial charge in [0.05, 0.1) is 21.4 Å². The Morgan fingerprint density at radius 2 is 1.61 bits per heavy atom. The quantitative estimate of drug-likeness (QED) is 0.268. The van der Waals surface area contributed by atoms with Gasteiger partial charge in [0.1, 0.15) is 12.4 Å². The number of halogens is 2. The normalized spacial score (nSPS) is 11.3. The van der Waals surface area contributed by atoms with Crippen molar-refractivity contribution in [1.29, 1.82) is 0 Å². The zero-order valence-electron chi connectivity index (χ0n) is 21.8. The van der Waals surface area contributed by atoms with Crippen LogP contribution in [0.25, 0.3) is 5.69 Å². The van der Waals surface area contributed by atoms with Gasteiger partial charge in [0, 0.05) is 23.6 Å². The van der Waals surface area contributed by atoms with Gasteiger partial charge in [-0.2, -0.15) is 5.10 Å². The summed E-state index contributed by atoms with van der Waals surface area (Å²) in [5.41, 5.74) is 3.52. The molecule has 0 fully saturated rings. The molecule has 1 heterocycles. The number of carbonyl (C=O) groups excluding carboxylic acids is 2. The average Bonchev–Trinajstić information content (AvgIpc) is 3.30. The van der Waals surface area contributed by atoms with Crippen LogP contribution in [0.5, 0.6) is 0 Å². The van der Waals surface area contributed by atoms with E-state index in [0.717, 1.165) is 16.8 Å². The highest BCUT2D eigenvalue weighted by Gasteiger charge is 2.24. The van der Waals surface area contributed by atoms with Gasteiger partial charge in [0.2, 0.25) is 5.91 Å². The van der Waals surface area contributed by atoms with E-state index < -0.39 is 0 Å². The molecule has 8 heteroatoms. The second-order valence-electron chi connectivity index (χ2n) is 10.2. The zero-order valence-corrected chi connectivity index (χ0v) is 23.3. The minimum atomic E-state index is -0.343. The first-order valence-corrected chi connectivity index (χ1v) is 13.0. The molecule has 3 aromatic carbocycles. The molecule has 0 atom stereocenters. The standard InChI is InChI=1S/C30H30Cl2N4O2/c1-20-10-8-9-13-23(20)29(38)35(18-21-11-6-5-7-12-21)19-28(37)33-27-17-26(30(2,3)4)34-36(27)22-14-15-24(31)25(32)16-22/h5-17H,18-19H2,1-4H3,(H,33,37). The summed E-state index contributed by atoms with van der Waals surface area (Å²) in [7, 11) is 0. The molecule has 2 amide bonds. The first-order valence-electron chi connectivity index (χ1n) is 12.3. The minimum absolute atomic E-state index is 0.139. The summed E-state index contributed by atoms with van der Waals surface area (Å²) in [6.45, 7) is 8.17. The number of carbonyl (C=O) groups is 2. The summed E-state index contributed by atoms with van der Waals surface area (Å²) >= 11 is 12.4. The van der Waals surface area contributed by atoms with Crippen LogP contribution in [0.3, 0.4) is 0 Å². The lowest BCUT2D eigenvalue weighted by atomic mass is 9.92. The number of rotatable bonds is 7. The zero-order chi connectivity index (χ0) is 27.4. The number of aromatic nitrogens is 2. The average molecular weight is 550 g/mol. The van der Waals surface area contributed by atoms with Crippen molar-refractivity contribution in [3.8, 4) is 5.69 Å². The highest BCUT2D eigenvalue weighted by atomic mass is 35.5. The summed E-state index contributed by atoms with van der Waals surface area (Å²) in [5.74, 6) is -0.0821. The van der Waals surface area contributed by atoms with Crippen molar-refractivity contribution < 1.29 is 9.59 Å². The van der Waals surface area contributed by atoms with E-state index in [2.05, 4.69) is 5.32 Å². The number of aryl methyl sites for hydroxylation is 1. The Kier molecular flexibility index (Phi) is 8.24. The first-order chi connectivity index (χ1) is 18.0. The highest BCUT2D eigenvalue weighted by Crippen LogP contribution is 2.29. The van der Waals surface area contributed by atoms with Crippen molar-refractivity contribution in [1.82, 2.24) is 14.7 Å². The second-order valence-corrected chi connectivity index (χ2v) is 11.0. The van der Waals surface area contributed by atoms with Crippen LogP contribution in [0.4, 0.5) is 5.82 Å². The van der Waals surface area contributed by atoms with Crippen LogP contribution in [0, 0.1) is 6.92 Å². The molecule has 4 aromatic rings. The topological polar surface area (TPSA) is 67.2 Å². The predicted octanol–water partition coefficient (Wildman–Crippen LogP) is 7.07. The molecule has 38 heavy (non-hydrogen) atoms. The van der Waals surface area contributed by atoms with Crippen LogP contribution in [0.1, 0.15) is 48.0 Å². The predicted molar refractivity (Wildman–Crippen MR) is 153 cm³/mol. The molecule has 0 aliphatic heterocycles. The lowest BCUT2D eigenvalue weighted by Gasteiger charge is -2.23. The number of amides is 2. The fourth-order valence-corrected chi connectivity index (χ4v) is 4.28. The van der Waals surface area contributed by atoms with Gasteiger partial charge in [-0.15, -0.1) is 0 Å². The summed E-state index contributed by atoms with van der Waals surface area (Å²) in [5, 5.41) is 8.51. The Bertz CT molecular complexity index is 1460. The highest BCUT2D eigenvalue weighted by molar-refractivity contribution is 6.42. The largest absolute Gasteiger partial charge is 0.325 e. The fraction of sp³-hybridized carbons (Fsp3) is 0.233. The van der Waals surface area contributed by atoms with Crippen LogP contribution >= 0.6 is 23.2 Å². The van der Waals surface area contributed by atoms with Crippen molar-refractivity contribution in [2.45, 2.75) is 39.7 Å². The van der Waals surface area contributed by atoms with E-state index in [-0.39, 0.29) is 23.8 Å². The third-order valence-electron chi connectivity index (χ3n) is 6.11. The Morgan fingerprint density at radius 1 is 0.921 bits per heavy atom. The van der Waals surface area contributed by atoms with Crippen molar-refractivity contribution in [3.63, 3.8) is 0 Å². The molecular formula is C30H30Cl2N4O2. The van der Waals surface area contributed by atoms with E-state index >= 15 is 0 Å². The Hall–Kier alpha value is -3.61. The smallest absolute Gasteiger partial charge is 0.254 e. The van der Waals surface area contributed by atoms with Gasteiger partial charge in [-0.25, -0.2) is 4.68 Å². The van der Waals surface area contributed by atoms with E-state index in [0.29, 0.717) is 33.7 Å². The summed E-state index contributed by atoms with van der Waals surface area (Å²) in [6, 6.07) is 24.0. The van der Waals surface area contributed by atoms with Crippen LogP contribution < -0.4 is 5.32 Å². The molecule has 1 N–H and O–H groups in total. The number of hydrogen-bond donors (Lipinski definition) is 1. The fourth-order valence-electron chi connectivity index (χ4n) is 3.99. The Balaban J connectivity index is 1.64. The Labute approximate surface area is 233 Å². The number of hydrogen-bond acceptors (Lipinski definition) is 3. The lowest BCUT2D eigenvalue weighted by Crippen LogP contribution is -2.38. The molecule has 1 aromatic heterocycles. The number of nitrogens with one attached hydrogen (secondary N) is 1. The third kappa shape index (κ3) is 6.44. The molecule has 196 valence electrons. The van der Waals surface area contributed by atoms with Crippen molar-refractivity contribution >= 4 is 40.8 Å². The molecular weight excluding hydrogens is 519 g/mol. The van der Waals surface area contributed by atoms with Crippen LogP contribution in [0.15, 0.2) is 78.9 Å². The van der Waals surface area contributed by atoms with Crippen molar-refractivity contribution in [2.75, 3.05) is 11.9 Å². The van der Waals surface area contributed by atoms with E-state index in [9.17, 15) is 9.59 Å². The number of nitrogens with zero attached hydrogens (tertiary/aromatic N) is 3. The van der Waals surface area contributed by atoms with Crippen molar-refractivity contribution in [3.05, 3.63) is 111 Å². The number of benzene rings is 3. The SMILES string of the molecule is Cc1ccccc1C(=O)N(CC(=O)Nc1cc(C(C)(C)C)nn1-c1ccc(Cl)c(Cl)c1)Cc1ccccc1. The van der Waals surface area contributed by atoms with Gasteiger partial charge in [-0.05, 0) is 42.3 Å². The van der Waals surface area contributed by atoms with Crippen LogP contribution in [-0.4, -0.2) is 33.0 Å². The number of anilines is 1. The molecule has 0 saturated carbocycles.